The van der Waals surface area contributed by atoms with Crippen LogP contribution in [0.3, 0.4) is 0 Å². The summed E-state index contributed by atoms with van der Waals surface area (Å²) in [7, 11) is 3.32. The summed E-state index contributed by atoms with van der Waals surface area (Å²) in [6.07, 6.45) is 0. The highest BCUT2D eigenvalue weighted by molar-refractivity contribution is 5.94. The number of amides is 3. The predicted octanol–water partition coefficient (Wildman–Crippen LogP) is 0.146. The molecule has 3 amide bonds. The molecule has 0 bridgehead atoms. The SMILES string of the molecule is CN(C)C(=O)NCCNC(=O)c1ccc(CN)cc1. The number of rotatable bonds is 5. The van der Waals surface area contributed by atoms with E-state index >= 15 is 0 Å². The first-order valence-corrected chi connectivity index (χ1v) is 6.07. The summed E-state index contributed by atoms with van der Waals surface area (Å²) in [6, 6.07) is 6.93. The van der Waals surface area contributed by atoms with Crippen LogP contribution >= 0.6 is 0 Å². The van der Waals surface area contributed by atoms with Gasteiger partial charge < -0.3 is 21.3 Å². The zero-order valence-corrected chi connectivity index (χ0v) is 11.3. The normalized spacial score (nSPS) is 9.84. The van der Waals surface area contributed by atoms with Crippen molar-refractivity contribution < 1.29 is 9.59 Å². The Bertz CT molecular complexity index is 429. The Morgan fingerprint density at radius 2 is 1.68 bits per heavy atom. The topological polar surface area (TPSA) is 87.5 Å². The summed E-state index contributed by atoms with van der Waals surface area (Å²) >= 11 is 0. The van der Waals surface area contributed by atoms with E-state index in [1.807, 2.05) is 12.1 Å². The summed E-state index contributed by atoms with van der Waals surface area (Å²) in [6.45, 7) is 1.24. The summed E-state index contributed by atoms with van der Waals surface area (Å²) in [5.41, 5.74) is 7.04. The molecule has 0 fully saturated rings. The molecule has 0 radical (unpaired) electrons. The molecule has 6 heteroatoms. The van der Waals surface area contributed by atoms with E-state index in [0.717, 1.165) is 5.56 Å². The highest BCUT2D eigenvalue weighted by atomic mass is 16.2. The molecule has 1 aromatic carbocycles. The number of carbonyl (C=O) groups excluding carboxylic acids is 2. The zero-order chi connectivity index (χ0) is 14.3. The number of nitrogens with zero attached hydrogens (tertiary/aromatic N) is 1. The molecular weight excluding hydrogens is 244 g/mol. The van der Waals surface area contributed by atoms with Gasteiger partial charge in [0.05, 0.1) is 0 Å². The van der Waals surface area contributed by atoms with Crippen LogP contribution in [-0.4, -0.2) is 44.0 Å². The van der Waals surface area contributed by atoms with Gasteiger partial charge in [0.15, 0.2) is 0 Å². The monoisotopic (exact) mass is 264 g/mol. The number of hydrogen-bond acceptors (Lipinski definition) is 3. The first-order chi connectivity index (χ1) is 9.04. The Morgan fingerprint density at radius 3 is 2.21 bits per heavy atom. The van der Waals surface area contributed by atoms with Crippen LogP contribution in [0.5, 0.6) is 0 Å². The lowest BCUT2D eigenvalue weighted by molar-refractivity contribution is 0.0953. The van der Waals surface area contributed by atoms with Gasteiger partial charge >= 0.3 is 6.03 Å². The molecule has 0 aliphatic rings. The largest absolute Gasteiger partial charge is 0.350 e. The Labute approximate surface area is 113 Å². The summed E-state index contributed by atoms with van der Waals surface area (Å²) < 4.78 is 0. The highest BCUT2D eigenvalue weighted by Crippen LogP contribution is 2.03. The first kappa shape index (κ1) is 15.0. The Morgan fingerprint density at radius 1 is 1.11 bits per heavy atom. The van der Waals surface area contributed by atoms with E-state index < -0.39 is 0 Å². The van der Waals surface area contributed by atoms with Crippen molar-refractivity contribution in [3.05, 3.63) is 35.4 Å². The van der Waals surface area contributed by atoms with Gasteiger partial charge in [0.2, 0.25) is 0 Å². The fraction of sp³-hybridized carbons (Fsp3) is 0.385. The van der Waals surface area contributed by atoms with E-state index in [4.69, 9.17) is 5.73 Å². The molecule has 0 spiro atoms. The third-order valence-electron chi connectivity index (χ3n) is 2.54. The lowest BCUT2D eigenvalue weighted by Gasteiger charge is -2.12. The maximum absolute atomic E-state index is 11.8. The van der Waals surface area contributed by atoms with Crippen molar-refractivity contribution in [3.63, 3.8) is 0 Å². The molecule has 0 aliphatic heterocycles. The Balaban J connectivity index is 2.33. The second kappa shape index (κ2) is 7.38. The van der Waals surface area contributed by atoms with Gasteiger partial charge in [-0.1, -0.05) is 12.1 Å². The number of nitrogens with one attached hydrogen (secondary N) is 2. The van der Waals surface area contributed by atoms with Crippen LogP contribution in [0.25, 0.3) is 0 Å². The van der Waals surface area contributed by atoms with Gasteiger partial charge in [-0.05, 0) is 17.7 Å². The fourth-order valence-corrected chi connectivity index (χ4v) is 1.40. The maximum atomic E-state index is 11.8. The molecule has 0 aromatic heterocycles. The number of carbonyl (C=O) groups is 2. The lowest BCUT2D eigenvalue weighted by atomic mass is 10.1. The van der Waals surface area contributed by atoms with Crippen LogP contribution in [0.15, 0.2) is 24.3 Å². The third kappa shape index (κ3) is 4.97. The molecule has 0 aliphatic carbocycles. The number of benzene rings is 1. The molecule has 104 valence electrons. The van der Waals surface area contributed by atoms with Crippen molar-refractivity contribution in [2.75, 3.05) is 27.2 Å². The molecule has 0 saturated heterocycles. The molecule has 4 N–H and O–H groups in total. The minimum atomic E-state index is -0.179. The molecule has 0 unspecified atom stereocenters. The summed E-state index contributed by atoms with van der Waals surface area (Å²) in [5, 5.41) is 5.39. The van der Waals surface area contributed by atoms with E-state index in [9.17, 15) is 9.59 Å². The first-order valence-electron chi connectivity index (χ1n) is 6.07. The number of nitrogens with two attached hydrogens (primary N) is 1. The van der Waals surface area contributed by atoms with Gasteiger partial charge in [-0.3, -0.25) is 4.79 Å². The van der Waals surface area contributed by atoms with Gasteiger partial charge in [-0.25, -0.2) is 4.79 Å². The summed E-state index contributed by atoms with van der Waals surface area (Å²) in [5.74, 6) is -0.164. The van der Waals surface area contributed by atoms with Crippen LogP contribution in [0.4, 0.5) is 4.79 Å². The molecule has 1 rings (SSSR count). The van der Waals surface area contributed by atoms with Gasteiger partial charge in [0.25, 0.3) is 5.91 Å². The van der Waals surface area contributed by atoms with Crippen molar-refractivity contribution in [3.8, 4) is 0 Å². The minimum absolute atomic E-state index is 0.164. The van der Waals surface area contributed by atoms with Crippen LogP contribution in [-0.2, 0) is 6.54 Å². The fourth-order valence-electron chi connectivity index (χ4n) is 1.40. The molecular formula is C13H20N4O2. The Kier molecular flexibility index (Phi) is 5.81. The van der Waals surface area contributed by atoms with Crippen molar-refractivity contribution in [1.82, 2.24) is 15.5 Å². The smallest absolute Gasteiger partial charge is 0.316 e. The Hall–Kier alpha value is -2.08. The highest BCUT2D eigenvalue weighted by Gasteiger charge is 2.05. The van der Waals surface area contributed by atoms with E-state index in [0.29, 0.717) is 25.2 Å². The molecule has 0 saturated carbocycles. The minimum Gasteiger partial charge on any atom is -0.350 e. The molecule has 19 heavy (non-hydrogen) atoms. The van der Waals surface area contributed by atoms with Gasteiger partial charge in [0, 0.05) is 39.3 Å². The standard InChI is InChI=1S/C13H20N4O2/c1-17(2)13(19)16-8-7-15-12(18)11-5-3-10(9-14)4-6-11/h3-6H,7-9,14H2,1-2H3,(H,15,18)(H,16,19). The van der Waals surface area contributed by atoms with Crippen LogP contribution in [0, 0.1) is 0 Å². The van der Waals surface area contributed by atoms with Gasteiger partial charge in [-0.15, -0.1) is 0 Å². The van der Waals surface area contributed by atoms with Crippen molar-refractivity contribution in [2.45, 2.75) is 6.54 Å². The van der Waals surface area contributed by atoms with Crippen molar-refractivity contribution >= 4 is 11.9 Å². The maximum Gasteiger partial charge on any atom is 0.316 e. The van der Waals surface area contributed by atoms with E-state index in [2.05, 4.69) is 10.6 Å². The van der Waals surface area contributed by atoms with Crippen LogP contribution in [0.1, 0.15) is 15.9 Å². The zero-order valence-electron chi connectivity index (χ0n) is 11.3. The summed E-state index contributed by atoms with van der Waals surface area (Å²) in [4.78, 5) is 24.4. The second-order valence-electron chi connectivity index (χ2n) is 4.28. The number of hydrogen-bond donors (Lipinski definition) is 3. The van der Waals surface area contributed by atoms with Crippen molar-refractivity contribution in [1.29, 1.82) is 0 Å². The molecule has 1 aromatic rings. The average molecular weight is 264 g/mol. The van der Waals surface area contributed by atoms with Gasteiger partial charge in [0.1, 0.15) is 0 Å². The van der Waals surface area contributed by atoms with Crippen LogP contribution in [0.2, 0.25) is 0 Å². The lowest BCUT2D eigenvalue weighted by Crippen LogP contribution is -2.39. The van der Waals surface area contributed by atoms with E-state index in [-0.39, 0.29) is 11.9 Å². The average Bonchev–Trinajstić information content (AvgIpc) is 2.43. The van der Waals surface area contributed by atoms with Gasteiger partial charge in [-0.2, -0.15) is 0 Å². The van der Waals surface area contributed by atoms with E-state index in [1.54, 1.807) is 26.2 Å². The molecule has 0 heterocycles. The van der Waals surface area contributed by atoms with E-state index in [1.165, 1.54) is 4.90 Å². The van der Waals surface area contributed by atoms with Crippen LogP contribution < -0.4 is 16.4 Å². The quantitative estimate of drug-likeness (QED) is 0.661. The molecule has 0 atom stereocenters. The molecule has 6 nitrogen and oxygen atoms in total. The van der Waals surface area contributed by atoms with Crippen molar-refractivity contribution in [2.24, 2.45) is 5.73 Å². The number of urea groups is 1. The third-order valence-corrected chi connectivity index (χ3v) is 2.54. The second-order valence-corrected chi connectivity index (χ2v) is 4.28. The predicted molar refractivity (Wildman–Crippen MR) is 73.8 cm³/mol.